The second kappa shape index (κ2) is 7.35. The van der Waals surface area contributed by atoms with Gasteiger partial charge in [0.1, 0.15) is 5.75 Å². The topological polar surface area (TPSA) is 56.2 Å². The largest absolute Gasteiger partial charge is 0.435 e. The Labute approximate surface area is 134 Å². The van der Waals surface area contributed by atoms with Gasteiger partial charge in [-0.15, -0.1) is 0 Å². The first kappa shape index (κ1) is 16.4. The van der Waals surface area contributed by atoms with Gasteiger partial charge in [-0.1, -0.05) is 0 Å². The normalized spacial score (nSPS) is 10.8. The highest BCUT2D eigenvalue weighted by Crippen LogP contribution is 2.17. The SMILES string of the molecule is CCn1ncc(Br)c1CNC(=O)c1ccc(OC(F)F)cc1. The molecule has 1 heterocycles. The Morgan fingerprint density at radius 1 is 1.41 bits per heavy atom. The second-order valence-electron chi connectivity index (χ2n) is 4.34. The maximum atomic E-state index is 12.1. The average molecular weight is 374 g/mol. The van der Waals surface area contributed by atoms with Gasteiger partial charge in [0, 0.05) is 12.1 Å². The first-order chi connectivity index (χ1) is 10.5. The number of hydrogen-bond acceptors (Lipinski definition) is 3. The minimum atomic E-state index is -2.88. The third-order valence-electron chi connectivity index (χ3n) is 2.96. The summed E-state index contributed by atoms with van der Waals surface area (Å²) in [6, 6.07) is 5.51. The number of rotatable bonds is 6. The molecular formula is C14H14BrF2N3O2. The number of alkyl halides is 2. The van der Waals surface area contributed by atoms with Crippen LogP contribution in [0.1, 0.15) is 23.0 Å². The number of amides is 1. The number of nitrogens with one attached hydrogen (secondary N) is 1. The van der Waals surface area contributed by atoms with Crippen LogP contribution in [-0.4, -0.2) is 22.3 Å². The molecule has 0 aliphatic rings. The summed E-state index contributed by atoms with van der Waals surface area (Å²) >= 11 is 3.37. The summed E-state index contributed by atoms with van der Waals surface area (Å²) in [7, 11) is 0. The Bertz CT molecular complexity index is 644. The standard InChI is InChI=1S/C14H14BrF2N3O2/c1-2-20-12(11(15)7-19-20)8-18-13(21)9-3-5-10(6-4-9)22-14(16)17/h3-7,14H,2,8H2,1H3,(H,18,21). The molecule has 1 amide bonds. The molecule has 0 spiro atoms. The van der Waals surface area contributed by atoms with Crippen LogP contribution in [0, 0.1) is 0 Å². The van der Waals surface area contributed by atoms with Crippen molar-refractivity contribution >= 4 is 21.8 Å². The van der Waals surface area contributed by atoms with Crippen molar-refractivity contribution in [2.24, 2.45) is 0 Å². The van der Waals surface area contributed by atoms with Crippen LogP contribution in [0.2, 0.25) is 0 Å². The van der Waals surface area contributed by atoms with Crippen LogP contribution >= 0.6 is 15.9 Å². The lowest BCUT2D eigenvalue weighted by molar-refractivity contribution is -0.0498. The van der Waals surface area contributed by atoms with Crippen LogP contribution in [0.3, 0.4) is 0 Å². The lowest BCUT2D eigenvalue weighted by Gasteiger charge is -2.09. The summed E-state index contributed by atoms with van der Waals surface area (Å²) < 4.78 is 30.9. The Kier molecular flexibility index (Phi) is 5.48. The molecular weight excluding hydrogens is 360 g/mol. The van der Waals surface area contributed by atoms with E-state index in [0.717, 1.165) is 10.2 Å². The van der Waals surface area contributed by atoms with Gasteiger partial charge in [0.15, 0.2) is 0 Å². The van der Waals surface area contributed by atoms with Crippen molar-refractivity contribution in [1.82, 2.24) is 15.1 Å². The minimum absolute atomic E-state index is 0.0124. The van der Waals surface area contributed by atoms with Crippen LogP contribution in [0.5, 0.6) is 5.75 Å². The first-order valence-electron chi connectivity index (χ1n) is 6.54. The molecule has 0 fully saturated rings. The molecule has 0 radical (unpaired) electrons. The molecule has 1 aromatic heterocycles. The van der Waals surface area contributed by atoms with Gasteiger partial charge in [-0.3, -0.25) is 9.48 Å². The smallest absolute Gasteiger partial charge is 0.387 e. The zero-order valence-corrected chi connectivity index (χ0v) is 13.3. The predicted molar refractivity (Wildman–Crippen MR) is 79.8 cm³/mol. The Balaban J connectivity index is 1.98. The van der Waals surface area contributed by atoms with Gasteiger partial charge in [0.2, 0.25) is 0 Å². The molecule has 0 saturated carbocycles. The number of aromatic nitrogens is 2. The number of benzene rings is 1. The van der Waals surface area contributed by atoms with Gasteiger partial charge in [0.05, 0.1) is 22.9 Å². The monoisotopic (exact) mass is 373 g/mol. The van der Waals surface area contributed by atoms with E-state index in [2.05, 4.69) is 31.1 Å². The van der Waals surface area contributed by atoms with Crippen molar-refractivity contribution in [3.05, 3.63) is 46.2 Å². The van der Waals surface area contributed by atoms with Crippen LogP contribution < -0.4 is 10.1 Å². The molecule has 0 aliphatic heterocycles. The van der Waals surface area contributed by atoms with Crippen LogP contribution in [0.15, 0.2) is 34.9 Å². The number of hydrogen-bond donors (Lipinski definition) is 1. The van der Waals surface area contributed by atoms with E-state index in [1.807, 2.05) is 6.92 Å². The van der Waals surface area contributed by atoms with Crippen molar-refractivity contribution in [1.29, 1.82) is 0 Å². The van der Waals surface area contributed by atoms with Gasteiger partial charge in [-0.05, 0) is 47.1 Å². The fourth-order valence-electron chi connectivity index (χ4n) is 1.89. The maximum Gasteiger partial charge on any atom is 0.387 e. The molecule has 5 nitrogen and oxygen atoms in total. The van der Waals surface area contributed by atoms with Crippen molar-refractivity contribution < 1.29 is 18.3 Å². The predicted octanol–water partition coefficient (Wildman–Crippen LogP) is 3.20. The summed E-state index contributed by atoms with van der Waals surface area (Å²) in [6.45, 7) is 0.0669. The Morgan fingerprint density at radius 3 is 2.68 bits per heavy atom. The molecule has 0 aliphatic carbocycles. The maximum absolute atomic E-state index is 12.1. The number of halogens is 3. The zero-order chi connectivity index (χ0) is 16.1. The summed E-state index contributed by atoms with van der Waals surface area (Å²) in [5.41, 5.74) is 1.22. The highest BCUT2D eigenvalue weighted by Gasteiger charge is 2.11. The summed E-state index contributed by atoms with van der Waals surface area (Å²) in [4.78, 5) is 12.0. The average Bonchev–Trinajstić information content (AvgIpc) is 2.85. The number of nitrogens with zero attached hydrogens (tertiary/aromatic N) is 2. The van der Waals surface area contributed by atoms with E-state index in [1.165, 1.54) is 24.3 Å². The summed E-state index contributed by atoms with van der Waals surface area (Å²) in [5.74, 6) is -0.294. The summed E-state index contributed by atoms with van der Waals surface area (Å²) in [5, 5.41) is 6.91. The lowest BCUT2D eigenvalue weighted by atomic mass is 10.2. The minimum Gasteiger partial charge on any atom is -0.435 e. The van der Waals surface area contributed by atoms with Gasteiger partial charge >= 0.3 is 6.61 Å². The van der Waals surface area contributed by atoms with E-state index in [0.29, 0.717) is 18.7 Å². The van der Waals surface area contributed by atoms with Crippen molar-refractivity contribution in [2.45, 2.75) is 26.6 Å². The van der Waals surface area contributed by atoms with Crippen molar-refractivity contribution in [2.75, 3.05) is 0 Å². The van der Waals surface area contributed by atoms with E-state index in [1.54, 1.807) is 10.9 Å². The van der Waals surface area contributed by atoms with E-state index in [-0.39, 0.29) is 11.7 Å². The molecule has 118 valence electrons. The van der Waals surface area contributed by atoms with Gasteiger partial charge < -0.3 is 10.1 Å². The van der Waals surface area contributed by atoms with E-state index in [9.17, 15) is 13.6 Å². The van der Waals surface area contributed by atoms with Crippen LogP contribution in [-0.2, 0) is 13.1 Å². The van der Waals surface area contributed by atoms with E-state index < -0.39 is 6.61 Å². The molecule has 1 N–H and O–H groups in total. The molecule has 2 rings (SSSR count). The molecule has 22 heavy (non-hydrogen) atoms. The molecule has 0 bridgehead atoms. The molecule has 8 heteroatoms. The van der Waals surface area contributed by atoms with E-state index in [4.69, 9.17) is 0 Å². The third-order valence-corrected chi connectivity index (χ3v) is 3.62. The lowest BCUT2D eigenvalue weighted by Crippen LogP contribution is -2.24. The zero-order valence-electron chi connectivity index (χ0n) is 11.7. The van der Waals surface area contributed by atoms with Gasteiger partial charge in [-0.25, -0.2) is 0 Å². The highest BCUT2D eigenvalue weighted by atomic mass is 79.9. The van der Waals surface area contributed by atoms with Gasteiger partial charge in [0.25, 0.3) is 5.91 Å². The van der Waals surface area contributed by atoms with Crippen molar-refractivity contribution in [3.8, 4) is 5.75 Å². The quantitative estimate of drug-likeness (QED) is 0.845. The first-order valence-corrected chi connectivity index (χ1v) is 7.33. The molecule has 0 saturated heterocycles. The molecule has 0 atom stereocenters. The Hall–Kier alpha value is -1.96. The van der Waals surface area contributed by atoms with Crippen LogP contribution in [0.4, 0.5) is 8.78 Å². The molecule has 1 aromatic carbocycles. The van der Waals surface area contributed by atoms with Gasteiger partial charge in [-0.2, -0.15) is 13.9 Å². The summed E-state index contributed by atoms with van der Waals surface area (Å²) in [6.07, 6.45) is 1.67. The fraction of sp³-hybridized carbons (Fsp3) is 0.286. The number of carbonyl (C=O) groups is 1. The number of carbonyl (C=O) groups excluding carboxylic acids is 1. The highest BCUT2D eigenvalue weighted by molar-refractivity contribution is 9.10. The number of ether oxygens (including phenoxy) is 1. The molecule has 2 aromatic rings. The Morgan fingerprint density at radius 2 is 2.09 bits per heavy atom. The number of aryl methyl sites for hydroxylation is 1. The second-order valence-corrected chi connectivity index (χ2v) is 5.19. The molecule has 0 unspecified atom stereocenters. The fourth-order valence-corrected chi connectivity index (χ4v) is 2.33. The van der Waals surface area contributed by atoms with Crippen molar-refractivity contribution in [3.63, 3.8) is 0 Å². The third kappa shape index (κ3) is 4.03. The van der Waals surface area contributed by atoms with Crippen LogP contribution in [0.25, 0.3) is 0 Å². The van der Waals surface area contributed by atoms with E-state index >= 15 is 0 Å².